The van der Waals surface area contributed by atoms with Gasteiger partial charge in [-0.25, -0.2) is 9.78 Å². The molecule has 0 amide bonds. The molecule has 0 radical (unpaired) electrons. The van der Waals surface area contributed by atoms with Gasteiger partial charge in [0.1, 0.15) is 5.56 Å². The molecule has 0 atom stereocenters. The zero-order valence-corrected chi connectivity index (χ0v) is 11.5. The van der Waals surface area contributed by atoms with Crippen molar-refractivity contribution in [3.05, 3.63) is 11.8 Å². The fourth-order valence-corrected chi connectivity index (χ4v) is 2.10. The summed E-state index contributed by atoms with van der Waals surface area (Å²) in [4.78, 5) is 19.3. The lowest BCUT2D eigenvalue weighted by atomic mass is 10.3. The molecule has 0 saturated heterocycles. The van der Waals surface area contributed by atoms with E-state index in [1.807, 2.05) is 0 Å². The third-order valence-electron chi connectivity index (χ3n) is 2.22. The average Bonchev–Trinajstić information content (AvgIpc) is 2.35. The molecule has 1 heterocycles. The maximum Gasteiger partial charge on any atom is 0.345 e. The number of thioether (sulfide) groups is 1. The summed E-state index contributed by atoms with van der Waals surface area (Å²) in [5.74, 6) is -0.00885. The largest absolute Gasteiger partial charge is 0.493 e. The highest BCUT2D eigenvalue weighted by Crippen LogP contribution is 2.20. The Balaban J connectivity index is 2.59. The van der Waals surface area contributed by atoms with Crippen molar-refractivity contribution in [2.75, 3.05) is 12.4 Å². The van der Waals surface area contributed by atoms with E-state index in [1.165, 1.54) is 24.4 Å². The first kappa shape index (κ1) is 14.8. The Bertz CT molecular complexity index is 399. The highest BCUT2D eigenvalue weighted by atomic mass is 32.2. The lowest BCUT2D eigenvalue weighted by Gasteiger charge is -2.04. The van der Waals surface area contributed by atoms with Crippen LogP contribution in [0.15, 0.2) is 11.4 Å². The quantitative estimate of drug-likeness (QED) is 0.355. The fraction of sp³-hybridized carbons (Fsp3) is 0.583. The fourth-order valence-electron chi connectivity index (χ4n) is 1.30. The number of nitrogens with zero attached hydrogens (tertiary/aromatic N) is 2. The van der Waals surface area contributed by atoms with Gasteiger partial charge in [-0.15, -0.1) is 0 Å². The second-order valence-corrected chi connectivity index (χ2v) is 4.73. The molecule has 0 aliphatic rings. The van der Waals surface area contributed by atoms with Crippen LogP contribution in [0.2, 0.25) is 0 Å². The van der Waals surface area contributed by atoms with Crippen molar-refractivity contribution in [2.45, 2.75) is 38.3 Å². The number of aromatic hydroxyl groups is 1. The summed E-state index contributed by atoms with van der Waals surface area (Å²) < 4.78 is 4.78. The number of carbonyl (C=O) groups is 1. The molecular weight excluding hydrogens is 252 g/mol. The van der Waals surface area contributed by atoms with Crippen LogP contribution in [0.4, 0.5) is 0 Å². The van der Waals surface area contributed by atoms with Gasteiger partial charge >= 0.3 is 5.97 Å². The van der Waals surface area contributed by atoms with Gasteiger partial charge in [0.2, 0.25) is 5.88 Å². The summed E-state index contributed by atoms with van der Waals surface area (Å²) in [6.45, 7) is 4.10. The van der Waals surface area contributed by atoms with Crippen molar-refractivity contribution >= 4 is 17.7 Å². The standard InChI is InChI=1S/C12H18N2O3S/c1-3-5-6-7-18-12-13-8-9(10(15)14-12)11(16)17-4-2/h8H,3-7H2,1-2H3,(H,13,14,15). The monoisotopic (exact) mass is 270 g/mol. The van der Waals surface area contributed by atoms with E-state index in [0.717, 1.165) is 18.6 Å². The molecule has 0 fully saturated rings. The van der Waals surface area contributed by atoms with Crippen LogP contribution in [0.3, 0.4) is 0 Å². The highest BCUT2D eigenvalue weighted by Gasteiger charge is 2.15. The van der Waals surface area contributed by atoms with Crippen LogP contribution < -0.4 is 0 Å². The van der Waals surface area contributed by atoms with Gasteiger partial charge in [0, 0.05) is 11.9 Å². The van der Waals surface area contributed by atoms with Gasteiger partial charge in [-0.2, -0.15) is 4.98 Å². The first-order chi connectivity index (χ1) is 8.69. The lowest BCUT2D eigenvalue weighted by molar-refractivity contribution is 0.0521. The number of hydrogen-bond acceptors (Lipinski definition) is 6. The van der Waals surface area contributed by atoms with Crippen molar-refractivity contribution in [2.24, 2.45) is 0 Å². The van der Waals surface area contributed by atoms with Gasteiger partial charge in [0.15, 0.2) is 5.16 Å². The SMILES string of the molecule is CCCCCSc1ncc(C(=O)OCC)c(O)n1. The van der Waals surface area contributed by atoms with Gasteiger partial charge in [-0.3, -0.25) is 0 Å². The third-order valence-corrected chi connectivity index (χ3v) is 3.17. The third kappa shape index (κ3) is 4.52. The molecule has 1 aromatic heterocycles. The van der Waals surface area contributed by atoms with E-state index in [2.05, 4.69) is 16.9 Å². The molecule has 5 nitrogen and oxygen atoms in total. The van der Waals surface area contributed by atoms with Gasteiger partial charge in [0.05, 0.1) is 6.61 Å². The van der Waals surface area contributed by atoms with Crippen LogP contribution in [0, 0.1) is 0 Å². The molecule has 6 heteroatoms. The van der Waals surface area contributed by atoms with E-state index in [4.69, 9.17) is 4.74 Å². The summed E-state index contributed by atoms with van der Waals surface area (Å²) in [6.07, 6.45) is 4.72. The van der Waals surface area contributed by atoms with Crippen molar-refractivity contribution in [1.29, 1.82) is 0 Å². The summed E-state index contributed by atoms with van der Waals surface area (Å²) in [7, 11) is 0. The number of aromatic nitrogens is 2. The van der Waals surface area contributed by atoms with Crippen molar-refractivity contribution < 1.29 is 14.6 Å². The van der Waals surface area contributed by atoms with Crippen LogP contribution in [-0.4, -0.2) is 33.4 Å². The second kappa shape index (κ2) is 7.92. The van der Waals surface area contributed by atoms with Crippen LogP contribution >= 0.6 is 11.8 Å². The molecule has 18 heavy (non-hydrogen) atoms. The molecule has 0 unspecified atom stereocenters. The summed E-state index contributed by atoms with van der Waals surface area (Å²) in [6, 6.07) is 0. The highest BCUT2D eigenvalue weighted by molar-refractivity contribution is 7.99. The Morgan fingerprint density at radius 2 is 2.22 bits per heavy atom. The number of rotatable bonds is 7. The zero-order valence-electron chi connectivity index (χ0n) is 10.7. The smallest absolute Gasteiger partial charge is 0.345 e. The Morgan fingerprint density at radius 3 is 2.83 bits per heavy atom. The average molecular weight is 270 g/mol. The number of hydrogen-bond donors (Lipinski definition) is 1. The van der Waals surface area contributed by atoms with Gasteiger partial charge in [-0.1, -0.05) is 31.5 Å². The maximum absolute atomic E-state index is 11.4. The predicted octanol–water partition coefficient (Wildman–Crippen LogP) is 2.64. The molecule has 0 spiro atoms. The topological polar surface area (TPSA) is 72.3 Å². The molecule has 1 rings (SSSR count). The summed E-state index contributed by atoms with van der Waals surface area (Å²) in [5, 5.41) is 10.1. The van der Waals surface area contributed by atoms with Crippen LogP contribution in [0.1, 0.15) is 43.5 Å². The van der Waals surface area contributed by atoms with Crippen molar-refractivity contribution in [1.82, 2.24) is 9.97 Å². The molecule has 0 saturated carbocycles. The Hall–Kier alpha value is -1.30. The molecule has 0 bridgehead atoms. The van der Waals surface area contributed by atoms with E-state index < -0.39 is 5.97 Å². The van der Waals surface area contributed by atoms with Gasteiger partial charge < -0.3 is 9.84 Å². The van der Waals surface area contributed by atoms with E-state index in [9.17, 15) is 9.90 Å². The number of unbranched alkanes of at least 4 members (excludes halogenated alkanes) is 2. The zero-order chi connectivity index (χ0) is 13.4. The van der Waals surface area contributed by atoms with Crippen molar-refractivity contribution in [3.63, 3.8) is 0 Å². The Morgan fingerprint density at radius 1 is 1.44 bits per heavy atom. The molecular formula is C12H18N2O3S. The van der Waals surface area contributed by atoms with E-state index >= 15 is 0 Å². The Labute approximate surface area is 111 Å². The van der Waals surface area contributed by atoms with Crippen LogP contribution in [0.5, 0.6) is 5.88 Å². The molecule has 0 aliphatic carbocycles. The molecule has 1 N–H and O–H groups in total. The predicted molar refractivity (Wildman–Crippen MR) is 69.9 cm³/mol. The van der Waals surface area contributed by atoms with Crippen LogP contribution in [-0.2, 0) is 4.74 Å². The van der Waals surface area contributed by atoms with Crippen LogP contribution in [0.25, 0.3) is 0 Å². The normalized spacial score (nSPS) is 10.3. The lowest BCUT2D eigenvalue weighted by Crippen LogP contribution is -2.06. The number of ether oxygens (including phenoxy) is 1. The van der Waals surface area contributed by atoms with E-state index in [-0.39, 0.29) is 18.1 Å². The minimum Gasteiger partial charge on any atom is -0.493 e. The summed E-state index contributed by atoms with van der Waals surface area (Å²) in [5.41, 5.74) is 0.00904. The first-order valence-electron chi connectivity index (χ1n) is 6.05. The number of carbonyl (C=O) groups excluding carboxylic acids is 1. The molecule has 0 aliphatic heterocycles. The maximum atomic E-state index is 11.4. The molecule has 100 valence electrons. The van der Waals surface area contributed by atoms with Gasteiger partial charge in [0.25, 0.3) is 0 Å². The van der Waals surface area contributed by atoms with E-state index in [0.29, 0.717) is 5.16 Å². The second-order valence-electron chi connectivity index (χ2n) is 3.67. The van der Waals surface area contributed by atoms with Crippen molar-refractivity contribution in [3.8, 4) is 5.88 Å². The summed E-state index contributed by atoms with van der Waals surface area (Å²) >= 11 is 1.47. The minimum absolute atomic E-state index is 0.00904. The Kier molecular flexibility index (Phi) is 6.49. The number of esters is 1. The molecule has 1 aromatic rings. The molecule has 0 aromatic carbocycles. The van der Waals surface area contributed by atoms with Gasteiger partial charge in [-0.05, 0) is 13.3 Å². The minimum atomic E-state index is -0.600. The first-order valence-corrected chi connectivity index (χ1v) is 7.03. The van der Waals surface area contributed by atoms with E-state index in [1.54, 1.807) is 6.92 Å².